The van der Waals surface area contributed by atoms with E-state index in [0.717, 1.165) is 19.4 Å². The Kier molecular flexibility index (Phi) is 9.70. The molecule has 0 aliphatic carbocycles. The van der Waals surface area contributed by atoms with Gasteiger partial charge in [0.15, 0.2) is 0 Å². The molecule has 0 aromatic rings. The Balaban J connectivity index is 3.96. The van der Waals surface area contributed by atoms with Crippen LogP contribution in [0.1, 0.15) is 59.8 Å². The third kappa shape index (κ3) is 7.34. The maximum absolute atomic E-state index is 9.36. The average molecular weight is 258 g/mol. The van der Waals surface area contributed by atoms with Crippen molar-refractivity contribution in [3.63, 3.8) is 0 Å². The van der Waals surface area contributed by atoms with E-state index in [1.807, 2.05) is 7.05 Å². The Bertz CT molecular complexity index is 191. The van der Waals surface area contributed by atoms with Crippen LogP contribution in [0.5, 0.6) is 0 Å². The minimum absolute atomic E-state index is 0.119. The van der Waals surface area contributed by atoms with E-state index in [-0.39, 0.29) is 12.1 Å². The average Bonchev–Trinajstić information content (AvgIpc) is 2.36. The van der Waals surface area contributed by atoms with Crippen LogP contribution in [0.2, 0.25) is 0 Å². The second kappa shape index (κ2) is 9.76. The minimum atomic E-state index is -0.119. The monoisotopic (exact) mass is 258 g/mol. The number of hydrogen-bond donors (Lipinski definition) is 2. The SMILES string of the molecule is CCCCCN(CCCC(C)(CO)NC)C(C)C. The fourth-order valence-electron chi connectivity index (χ4n) is 2.15. The summed E-state index contributed by atoms with van der Waals surface area (Å²) in [5, 5.41) is 12.6. The third-order valence-electron chi connectivity index (χ3n) is 3.91. The molecule has 0 heterocycles. The third-order valence-corrected chi connectivity index (χ3v) is 3.91. The first-order chi connectivity index (χ1) is 8.49. The number of unbranched alkanes of at least 4 members (excludes halogenated alkanes) is 2. The molecular formula is C15H34N2O. The van der Waals surface area contributed by atoms with Gasteiger partial charge in [-0.2, -0.15) is 0 Å². The van der Waals surface area contributed by atoms with Crippen LogP contribution in [0.25, 0.3) is 0 Å². The quantitative estimate of drug-likeness (QED) is 0.559. The predicted octanol–water partition coefficient (Wildman–Crippen LogP) is 2.64. The lowest BCUT2D eigenvalue weighted by atomic mass is 9.97. The fourth-order valence-corrected chi connectivity index (χ4v) is 2.15. The topological polar surface area (TPSA) is 35.5 Å². The van der Waals surface area contributed by atoms with E-state index in [1.54, 1.807) is 0 Å². The molecular weight excluding hydrogens is 224 g/mol. The lowest BCUT2D eigenvalue weighted by Gasteiger charge is -2.30. The van der Waals surface area contributed by atoms with E-state index in [9.17, 15) is 5.11 Å². The van der Waals surface area contributed by atoms with Gasteiger partial charge in [0.25, 0.3) is 0 Å². The maximum atomic E-state index is 9.36. The number of aliphatic hydroxyl groups is 1. The molecule has 18 heavy (non-hydrogen) atoms. The molecule has 0 saturated carbocycles. The Morgan fingerprint density at radius 2 is 1.78 bits per heavy atom. The number of rotatable bonds is 11. The molecule has 1 unspecified atom stereocenters. The second-order valence-electron chi connectivity index (χ2n) is 5.91. The lowest BCUT2D eigenvalue weighted by Crippen LogP contribution is -2.44. The summed E-state index contributed by atoms with van der Waals surface area (Å²) >= 11 is 0. The van der Waals surface area contributed by atoms with Gasteiger partial charge in [0.1, 0.15) is 0 Å². The summed E-state index contributed by atoms with van der Waals surface area (Å²) in [7, 11) is 1.93. The molecule has 0 aliphatic rings. The van der Waals surface area contributed by atoms with Gasteiger partial charge in [-0.25, -0.2) is 0 Å². The second-order valence-corrected chi connectivity index (χ2v) is 5.91. The van der Waals surface area contributed by atoms with Crippen LogP contribution in [-0.2, 0) is 0 Å². The molecule has 0 radical (unpaired) electrons. The molecule has 3 nitrogen and oxygen atoms in total. The number of nitrogens with zero attached hydrogens (tertiary/aromatic N) is 1. The predicted molar refractivity (Wildman–Crippen MR) is 80.0 cm³/mol. The van der Waals surface area contributed by atoms with Gasteiger partial charge in [-0.15, -0.1) is 0 Å². The summed E-state index contributed by atoms with van der Waals surface area (Å²) in [4.78, 5) is 2.56. The number of nitrogens with one attached hydrogen (secondary N) is 1. The van der Waals surface area contributed by atoms with Gasteiger partial charge < -0.3 is 15.3 Å². The van der Waals surface area contributed by atoms with Gasteiger partial charge in [0.05, 0.1) is 6.61 Å². The maximum Gasteiger partial charge on any atom is 0.0610 e. The standard InChI is InChI=1S/C15H34N2O/c1-6-7-8-11-17(14(2)3)12-9-10-15(4,13-18)16-5/h14,16,18H,6-13H2,1-5H3. The number of likely N-dealkylation sites (N-methyl/N-ethyl adjacent to an activating group) is 1. The van der Waals surface area contributed by atoms with Gasteiger partial charge in [-0.3, -0.25) is 0 Å². The molecule has 1 atom stereocenters. The molecule has 0 amide bonds. The molecule has 0 aliphatic heterocycles. The van der Waals surface area contributed by atoms with Crippen molar-refractivity contribution in [2.75, 3.05) is 26.7 Å². The van der Waals surface area contributed by atoms with Crippen molar-refractivity contribution < 1.29 is 5.11 Å². The van der Waals surface area contributed by atoms with Crippen molar-refractivity contribution in [3.05, 3.63) is 0 Å². The number of hydrogen-bond acceptors (Lipinski definition) is 3. The molecule has 0 saturated heterocycles. The largest absolute Gasteiger partial charge is 0.394 e. The van der Waals surface area contributed by atoms with Gasteiger partial charge in [-0.1, -0.05) is 19.8 Å². The van der Waals surface area contributed by atoms with E-state index < -0.39 is 0 Å². The molecule has 0 aromatic heterocycles. The van der Waals surface area contributed by atoms with E-state index in [1.165, 1.54) is 25.8 Å². The summed E-state index contributed by atoms with van der Waals surface area (Å²) in [6.07, 6.45) is 6.08. The van der Waals surface area contributed by atoms with Crippen molar-refractivity contribution in [2.45, 2.75) is 71.4 Å². The highest BCUT2D eigenvalue weighted by Gasteiger charge is 2.20. The first-order valence-electron chi connectivity index (χ1n) is 7.53. The van der Waals surface area contributed by atoms with Crippen molar-refractivity contribution in [1.82, 2.24) is 10.2 Å². The van der Waals surface area contributed by atoms with Gasteiger partial charge in [-0.05, 0) is 60.2 Å². The van der Waals surface area contributed by atoms with Crippen molar-refractivity contribution in [3.8, 4) is 0 Å². The van der Waals surface area contributed by atoms with E-state index >= 15 is 0 Å². The van der Waals surface area contributed by atoms with Crippen LogP contribution in [0, 0.1) is 0 Å². The highest BCUT2D eigenvalue weighted by molar-refractivity contribution is 4.80. The van der Waals surface area contributed by atoms with E-state index in [0.29, 0.717) is 6.04 Å². The normalized spacial score (nSPS) is 15.3. The van der Waals surface area contributed by atoms with Crippen LogP contribution < -0.4 is 5.32 Å². The van der Waals surface area contributed by atoms with Crippen LogP contribution in [0.4, 0.5) is 0 Å². The van der Waals surface area contributed by atoms with Gasteiger partial charge in [0.2, 0.25) is 0 Å². The summed E-state index contributed by atoms with van der Waals surface area (Å²) in [6.45, 7) is 11.4. The smallest absolute Gasteiger partial charge is 0.0610 e. The first kappa shape index (κ1) is 17.9. The Morgan fingerprint density at radius 1 is 1.17 bits per heavy atom. The molecule has 0 bridgehead atoms. The highest BCUT2D eigenvalue weighted by atomic mass is 16.3. The Labute approximate surface area is 114 Å². The van der Waals surface area contributed by atoms with Crippen molar-refractivity contribution in [2.24, 2.45) is 0 Å². The molecule has 2 N–H and O–H groups in total. The first-order valence-corrected chi connectivity index (χ1v) is 7.53. The number of aliphatic hydroxyl groups excluding tert-OH is 1. The minimum Gasteiger partial charge on any atom is -0.394 e. The van der Waals surface area contributed by atoms with E-state index in [4.69, 9.17) is 0 Å². The van der Waals surface area contributed by atoms with Crippen molar-refractivity contribution in [1.29, 1.82) is 0 Å². The molecule has 0 fully saturated rings. The zero-order chi connectivity index (χ0) is 14.0. The molecule has 110 valence electrons. The van der Waals surface area contributed by atoms with Crippen LogP contribution in [0.15, 0.2) is 0 Å². The zero-order valence-electron chi connectivity index (χ0n) is 13.1. The van der Waals surface area contributed by atoms with Crippen molar-refractivity contribution >= 4 is 0 Å². The summed E-state index contributed by atoms with van der Waals surface area (Å²) in [5.41, 5.74) is -0.119. The molecule has 0 spiro atoms. The molecule has 0 aromatic carbocycles. The molecule has 3 heteroatoms. The Morgan fingerprint density at radius 3 is 2.22 bits per heavy atom. The zero-order valence-corrected chi connectivity index (χ0v) is 13.1. The summed E-state index contributed by atoms with van der Waals surface area (Å²) in [5.74, 6) is 0. The van der Waals surface area contributed by atoms with Crippen LogP contribution in [0.3, 0.4) is 0 Å². The van der Waals surface area contributed by atoms with Crippen LogP contribution >= 0.6 is 0 Å². The molecule has 0 rings (SSSR count). The lowest BCUT2D eigenvalue weighted by molar-refractivity contribution is 0.156. The van der Waals surface area contributed by atoms with Gasteiger partial charge >= 0.3 is 0 Å². The highest BCUT2D eigenvalue weighted by Crippen LogP contribution is 2.13. The Hall–Kier alpha value is -0.120. The summed E-state index contributed by atoms with van der Waals surface area (Å²) in [6, 6.07) is 0.622. The fraction of sp³-hybridized carbons (Fsp3) is 1.00. The summed E-state index contributed by atoms with van der Waals surface area (Å²) < 4.78 is 0. The van der Waals surface area contributed by atoms with Gasteiger partial charge in [0, 0.05) is 11.6 Å². The van der Waals surface area contributed by atoms with E-state index in [2.05, 4.69) is 37.9 Å². The van der Waals surface area contributed by atoms with Crippen LogP contribution in [-0.4, -0.2) is 48.3 Å².